The molecule has 2 aromatic rings. The lowest BCUT2D eigenvalue weighted by molar-refractivity contribution is -0.384. The van der Waals surface area contributed by atoms with Crippen LogP contribution in [0.4, 0.5) is 5.69 Å². The number of nitrogens with zero attached hydrogens (tertiary/aromatic N) is 5. The number of fused-ring (bicyclic) bond motifs is 6. The molecule has 0 spiro atoms. The Morgan fingerprint density at radius 1 is 1.06 bits per heavy atom. The van der Waals surface area contributed by atoms with Crippen molar-refractivity contribution in [3.05, 3.63) is 39.7 Å². The summed E-state index contributed by atoms with van der Waals surface area (Å²) in [6.07, 6.45) is 1.55. The van der Waals surface area contributed by atoms with Crippen LogP contribution in [0.5, 0.6) is 0 Å². The highest BCUT2D eigenvalue weighted by Gasteiger charge is 2.73. The van der Waals surface area contributed by atoms with Gasteiger partial charge in [-0.1, -0.05) is 20.8 Å². The molecule has 2 heterocycles. The molecule has 9 heteroatoms. The van der Waals surface area contributed by atoms with Gasteiger partial charge in [-0.2, -0.15) is 0 Å². The van der Waals surface area contributed by atoms with E-state index in [2.05, 4.69) is 38.1 Å². The third-order valence-electron chi connectivity index (χ3n) is 8.38. The van der Waals surface area contributed by atoms with Gasteiger partial charge in [-0.3, -0.25) is 20.3 Å². The van der Waals surface area contributed by atoms with E-state index in [-0.39, 0.29) is 22.4 Å². The Morgan fingerprint density at radius 2 is 1.74 bits per heavy atom. The summed E-state index contributed by atoms with van der Waals surface area (Å²) in [5.41, 5.74) is 4.31. The van der Waals surface area contributed by atoms with Crippen LogP contribution in [0.15, 0.2) is 18.2 Å². The van der Waals surface area contributed by atoms with E-state index in [0.717, 1.165) is 38.3 Å². The molecule has 0 radical (unpaired) electrons. The minimum absolute atomic E-state index is 0.0219. The number of piperazine rings is 1. The molecule has 1 saturated carbocycles. The second kappa shape index (κ2) is 6.43. The summed E-state index contributed by atoms with van der Waals surface area (Å²) < 4.78 is 0. The smallest absolute Gasteiger partial charge is 0.271 e. The predicted octanol–water partition coefficient (Wildman–Crippen LogP) is 2.15. The Hall–Kier alpha value is -2.65. The summed E-state index contributed by atoms with van der Waals surface area (Å²) in [6.45, 7) is 9.81. The van der Waals surface area contributed by atoms with Crippen LogP contribution in [-0.2, 0) is 15.6 Å². The van der Waals surface area contributed by atoms with E-state index in [0.29, 0.717) is 23.1 Å². The lowest BCUT2D eigenvalue weighted by Crippen LogP contribution is -2.59. The lowest BCUT2D eigenvalue weighted by Gasteiger charge is -2.41. The number of non-ortho nitro benzene ring substituents is 1. The molecule has 2 fully saturated rings. The highest BCUT2D eigenvalue weighted by atomic mass is 16.6. The zero-order valence-electron chi connectivity index (χ0n) is 18.4. The maximum atomic E-state index is 13.9. The molecule has 9 nitrogen and oxygen atoms in total. The van der Waals surface area contributed by atoms with Gasteiger partial charge < -0.3 is 4.90 Å². The average molecular weight is 425 g/mol. The Bertz CT molecular complexity index is 1110. The summed E-state index contributed by atoms with van der Waals surface area (Å²) in [5, 5.41) is 13.3. The van der Waals surface area contributed by atoms with Crippen LogP contribution in [0.25, 0.3) is 11.0 Å². The van der Waals surface area contributed by atoms with Gasteiger partial charge in [0.2, 0.25) is 5.91 Å². The number of nitrogens with one attached hydrogen (secondary N) is 1. The quantitative estimate of drug-likeness (QED) is 0.595. The number of benzene rings is 1. The number of nitro benzene ring substituents is 1. The maximum absolute atomic E-state index is 13.9. The van der Waals surface area contributed by atoms with Crippen LogP contribution >= 0.6 is 0 Å². The zero-order chi connectivity index (χ0) is 22.2. The van der Waals surface area contributed by atoms with E-state index in [4.69, 9.17) is 9.97 Å². The molecule has 31 heavy (non-hydrogen) atoms. The molecule has 1 aromatic heterocycles. The Labute approximate surface area is 180 Å². The summed E-state index contributed by atoms with van der Waals surface area (Å²) in [6, 6.07) is 4.57. The summed E-state index contributed by atoms with van der Waals surface area (Å²) in [5.74, 6) is -0.0383. The van der Waals surface area contributed by atoms with Crippen LogP contribution in [0, 0.1) is 15.5 Å². The number of aromatic nitrogens is 2. The Morgan fingerprint density at radius 3 is 2.42 bits per heavy atom. The molecule has 2 bridgehead atoms. The van der Waals surface area contributed by atoms with Gasteiger partial charge in [0.15, 0.2) is 0 Å². The first-order chi connectivity index (χ1) is 14.6. The summed E-state index contributed by atoms with van der Waals surface area (Å²) in [7, 11) is 2.08. The third-order valence-corrected chi connectivity index (χ3v) is 8.38. The SMILES string of the molecule is CN1CCN(NC(=O)C23CCC(C)(c4nc5ccc([N+](=O)[O-])cc5nc42)C3(C)C)CC1. The van der Waals surface area contributed by atoms with Gasteiger partial charge in [-0.05, 0) is 31.4 Å². The molecule has 1 aromatic carbocycles. The van der Waals surface area contributed by atoms with Gasteiger partial charge >= 0.3 is 0 Å². The minimum Gasteiger partial charge on any atom is -0.304 e. The number of carbonyl (C=O) groups is 1. The van der Waals surface area contributed by atoms with E-state index in [1.54, 1.807) is 6.07 Å². The van der Waals surface area contributed by atoms with Gasteiger partial charge in [0.1, 0.15) is 5.41 Å². The van der Waals surface area contributed by atoms with Crippen molar-refractivity contribution in [3.8, 4) is 0 Å². The van der Waals surface area contributed by atoms with Crippen molar-refractivity contribution < 1.29 is 9.72 Å². The van der Waals surface area contributed by atoms with Crippen molar-refractivity contribution in [1.29, 1.82) is 0 Å². The molecule has 1 aliphatic heterocycles. The number of hydrogen-bond donors (Lipinski definition) is 1. The van der Waals surface area contributed by atoms with Crippen molar-refractivity contribution in [3.63, 3.8) is 0 Å². The van der Waals surface area contributed by atoms with Crippen molar-refractivity contribution in [1.82, 2.24) is 25.3 Å². The summed E-state index contributed by atoms with van der Waals surface area (Å²) >= 11 is 0. The van der Waals surface area contributed by atoms with E-state index >= 15 is 0 Å². The number of likely N-dealkylation sites (N-methyl/N-ethyl adjacent to an activating group) is 1. The van der Waals surface area contributed by atoms with Crippen LogP contribution in [0.2, 0.25) is 0 Å². The number of rotatable bonds is 3. The minimum atomic E-state index is -0.813. The largest absolute Gasteiger partial charge is 0.304 e. The molecule has 5 rings (SSSR count). The molecular formula is C22H28N6O3. The standard InChI is InChI=1S/C22H28N6O3/c1-20(2)21(3)7-8-22(20,19(29)25-27-11-9-26(4)10-12-27)18-17(21)23-15-6-5-14(28(30)31)13-16(15)24-18/h5-6,13H,7-12H2,1-4H3,(H,25,29). The fraction of sp³-hybridized carbons (Fsp3) is 0.591. The maximum Gasteiger partial charge on any atom is 0.271 e. The molecular weight excluding hydrogens is 396 g/mol. The van der Waals surface area contributed by atoms with Gasteiger partial charge in [0, 0.05) is 43.7 Å². The molecule has 2 atom stereocenters. The second-order valence-electron chi connectivity index (χ2n) is 9.94. The average Bonchev–Trinajstić information content (AvgIpc) is 3.03. The van der Waals surface area contributed by atoms with Crippen molar-refractivity contribution in [2.24, 2.45) is 5.41 Å². The van der Waals surface area contributed by atoms with E-state index in [1.807, 2.05) is 5.01 Å². The summed E-state index contributed by atoms with van der Waals surface area (Å²) in [4.78, 5) is 36.7. The van der Waals surface area contributed by atoms with Crippen molar-refractivity contribution in [2.75, 3.05) is 33.2 Å². The molecule has 2 aliphatic carbocycles. The highest BCUT2D eigenvalue weighted by Crippen LogP contribution is 2.70. The number of amides is 1. The first-order valence-electron chi connectivity index (χ1n) is 10.8. The Balaban J connectivity index is 1.62. The van der Waals surface area contributed by atoms with Crippen molar-refractivity contribution in [2.45, 2.75) is 44.4 Å². The van der Waals surface area contributed by atoms with Crippen LogP contribution in [0.1, 0.15) is 45.0 Å². The number of hydrazine groups is 1. The van der Waals surface area contributed by atoms with Gasteiger partial charge in [-0.25, -0.2) is 15.0 Å². The number of hydrogen-bond acceptors (Lipinski definition) is 7. The van der Waals surface area contributed by atoms with Crippen LogP contribution in [0.3, 0.4) is 0 Å². The molecule has 1 N–H and O–H groups in total. The first kappa shape index (κ1) is 20.3. The Kier molecular flexibility index (Phi) is 4.20. The monoisotopic (exact) mass is 424 g/mol. The lowest BCUT2D eigenvalue weighted by atomic mass is 9.63. The molecule has 164 valence electrons. The molecule has 1 saturated heterocycles. The highest BCUT2D eigenvalue weighted by molar-refractivity contribution is 5.92. The number of nitro groups is 1. The van der Waals surface area contributed by atoms with E-state index in [9.17, 15) is 14.9 Å². The fourth-order valence-electron chi connectivity index (χ4n) is 5.86. The molecule has 3 aliphatic rings. The fourth-order valence-corrected chi connectivity index (χ4v) is 5.86. The van der Waals surface area contributed by atoms with Crippen LogP contribution in [-0.4, -0.2) is 63.9 Å². The predicted molar refractivity (Wildman–Crippen MR) is 115 cm³/mol. The van der Waals surface area contributed by atoms with Gasteiger partial charge in [0.05, 0.1) is 27.3 Å². The van der Waals surface area contributed by atoms with Crippen LogP contribution < -0.4 is 5.43 Å². The van der Waals surface area contributed by atoms with Crippen molar-refractivity contribution >= 4 is 22.6 Å². The van der Waals surface area contributed by atoms with E-state index < -0.39 is 10.3 Å². The first-order valence-corrected chi connectivity index (χ1v) is 10.8. The van der Waals surface area contributed by atoms with E-state index in [1.165, 1.54) is 12.1 Å². The normalized spacial score (nSPS) is 29.8. The van der Waals surface area contributed by atoms with Gasteiger partial charge in [0.25, 0.3) is 5.69 Å². The molecule has 1 amide bonds. The number of carbonyl (C=O) groups excluding carboxylic acids is 1. The second-order valence-corrected chi connectivity index (χ2v) is 9.94. The zero-order valence-corrected chi connectivity index (χ0v) is 18.4. The van der Waals surface area contributed by atoms with Gasteiger partial charge in [-0.15, -0.1) is 0 Å². The molecule has 2 unspecified atom stereocenters. The third kappa shape index (κ3) is 2.53. The topological polar surface area (TPSA) is 104 Å².